The van der Waals surface area contributed by atoms with Gasteiger partial charge in [-0.25, -0.2) is 0 Å². The summed E-state index contributed by atoms with van der Waals surface area (Å²) in [5, 5.41) is 8.38. The fourth-order valence-electron chi connectivity index (χ4n) is 1.85. The summed E-state index contributed by atoms with van der Waals surface area (Å²) in [6.07, 6.45) is 1.35. The molecule has 0 aliphatic carbocycles. The average Bonchev–Trinajstić information content (AvgIpc) is 2.37. The van der Waals surface area contributed by atoms with Crippen molar-refractivity contribution in [1.29, 1.82) is 0 Å². The minimum atomic E-state index is -0.791. The highest BCUT2D eigenvalue weighted by Crippen LogP contribution is 2.35. The van der Waals surface area contributed by atoms with E-state index in [1.807, 2.05) is 18.2 Å². The predicted octanol–water partition coefficient (Wildman–Crippen LogP) is 2.99. The van der Waals surface area contributed by atoms with Crippen LogP contribution in [0.1, 0.15) is 30.2 Å². The Balaban J connectivity index is 1.97. The number of alkyl halides is 1. The largest absolute Gasteiger partial charge is 0.486 e. The van der Waals surface area contributed by atoms with Gasteiger partial charge in [0.15, 0.2) is 11.5 Å². The van der Waals surface area contributed by atoms with E-state index in [-0.39, 0.29) is 11.8 Å². The second-order valence-corrected chi connectivity index (χ2v) is 4.68. The van der Waals surface area contributed by atoms with Crippen LogP contribution in [0.5, 0.6) is 11.5 Å². The molecule has 0 saturated heterocycles. The van der Waals surface area contributed by atoms with Crippen molar-refractivity contribution in [2.75, 3.05) is 13.2 Å². The van der Waals surface area contributed by atoms with E-state index >= 15 is 0 Å². The summed E-state index contributed by atoms with van der Waals surface area (Å²) in [6.45, 7) is 1.11. The second kappa shape index (κ2) is 5.96. The van der Waals surface area contributed by atoms with Crippen molar-refractivity contribution < 1.29 is 19.4 Å². The lowest BCUT2D eigenvalue weighted by molar-refractivity contribution is -0.137. The minimum Gasteiger partial charge on any atom is -0.486 e. The third-order valence-electron chi connectivity index (χ3n) is 2.78. The molecule has 1 aliphatic rings. The number of rotatable bonds is 5. The Labute approximate surface area is 110 Å². The maximum atomic E-state index is 10.4. The fourth-order valence-corrected chi connectivity index (χ4v) is 2.14. The smallest absolute Gasteiger partial charge is 0.303 e. The van der Waals surface area contributed by atoms with Crippen molar-refractivity contribution in [2.45, 2.75) is 24.6 Å². The molecule has 1 aromatic rings. The molecule has 1 heterocycles. The van der Waals surface area contributed by atoms with Crippen molar-refractivity contribution in [1.82, 2.24) is 0 Å². The van der Waals surface area contributed by atoms with Crippen molar-refractivity contribution in [3.8, 4) is 11.5 Å². The molecule has 1 unspecified atom stereocenters. The first-order valence-electron chi connectivity index (χ1n) is 5.92. The van der Waals surface area contributed by atoms with E-state index in [2.05, 4.69) is 0 Å². The van der Waals surface area contributed by atoms with Crippen LogP contribution in [-0.2, 0) is 4.79 Å². The van der Waals surface area contributed by atoms with Gasteiger partial charge < -0.3 is 14.6 Å². The number of ether oxygens (including phenoxy) is 2. The van der Waals surface area contributed by atoms with Gasteiger partial charge in [0.2, 0.25) is 0 Å². The number of fused-ring (bicyclic) bond motifs is 1. The van der Waals surface area contributed by atoms with E-state index < -0.39 is 5.97 Å². The molecule has 18 heavy (non-hydrogen) atoms. The van der Waals surface area contributed by atoms with Crippen molar-refractivity contribution in [3.05, 3.63) is 23.8 Å². The van der Waals surface area contributed by atoms with Gasteiger partial charge in [-0.15, -0.1) is 11.6 Å². The van der Waals surface area contributed by atoms with Crippen LogP contribution in [0.2, 0.25) is 0 Å². The van der Waals surface area contributed by atoms with Gasteiger partial charge in [0.05, 0.1) is 5.38 Å². The molecule has 1 aliphatic heterocycles. The average molecular weight is 271 g/mol. The van der Waals surface area contributed by atoms with E-state index in [1.165, 1.54) is 0 Å². The van der Waals surface area contributed by atoms with Crippen LogP contribution in [-0.4, -0.2) is 24.3 Å². The summed E-state index contributed by atoms with van der Waals surface area (Å²) < 4.78 is 10.9. The molecule has 0 saturated carbocycles. The number of aliphatic carboxylic acids is 1. The Bertz CT molecular complexity index is 433. The molecule has 0 radical (unpaired) electrons. The van der Waals surface area contributed by atoms with Crippen LogP contribution >= 0.6 is 11.6 Å². The van der Waals surface area contributed by atoms with Gasteiger partial charge in [-0.3, -0.25) is 4.79 Å². The van der Waals surface area contributed by atoms with E-state index in [0.29, 0.717) is 31.8 Å². The summed E-state index contributed by atoms with van der Waals surface area (Å²) in [7, 11) is 0. The molecule has 98 valence electrons. The summed E-state index contributed by atoms with van der Waals surface area (Å²) in [4.78, 5) is 10.4. The van der Waals surface area contributed by atoms with Gasteiger partial charge in [0, 0.05) is 6.42 Å². The number of halogens is 1. The van der Waals surface area contributed by atoms with Crippen LogP contribution in [0.4, 0.5) is 0 Å². The maximum absolute atomic E-state index is 10.4. The van der Waals surface area contributed by atoms with E-state index in [4.69, 9.17) is 26.2 Å². The number of carboxylic acid groups (broad SMARTS) is 1. The maximum Gasteiger partial charge on any atom is 0.303 e. The van der Waals surface area contributed by atoms with Gasteiger partial charge in [0.25, 0.3) is 0 Å². The van der Waals surface area contributed by atoms with Crippen LogP contribution in [0, 0.1) is 0 Å². The molecule has 0 spiro atoms. The molecular formula is C13H15ClO4. The third-order valence-corrected chi connectivity index (χ3v) is 3.25. The molecule has 1 N–H and O–H groups in total. The normalized spacial score (nSPS) is 15.2. The van der Waals surface area contributed by atoms with Crippen LogP contribution in [0.3, 0.4) is 0 Å². The number of hydrogen-bond donors (Lipinski definition) is 1. The van der Waals surface area contributed by atoms with E-state index in [9.17, 15) is 4.79 Å². The van der Waals surface area contributed by atoms with E-state index in [0.717, 1.165) is 11.3 Å². The number of hydrogen-bond acceptors (Lipinski definition) is 3. The topological polar surface area (TPSA) is 55.8 Å². The van der Waals surface area contributed by atoms with Crippen molar-refractivity contribution in [2.24, 2.45) is 0 Å². The molecule has 0 aromatic heterocycles. The molecule has 0 bridgehead atoms. The summed E-state index contributed by atoms with van der Waals surface area (Å²) in [6, 6.07) is 5.61. The lowest BCUT2D eigenvalue weighted by atomic mass is 10.1. The van der Waals surface area contributed by atoms with Crippen molar-refractivity contribution in [3.63, 3.8) is 0 Å². The van der Waals surface area contributed by atoms with Crippen molar-refractivity contribution >= 4 is 17.6 Å². The van der Waals surface area contributed by atoms with Crippen LogP contribution in [0.15, 0.2) is 18.2 Å². The number of benzene rings is 1. The zero-order valence-electron chi connectivity index (χ0n) is 9.89. The molecule has 0 amide bonds. The highest BCUT2D eigenvalue weighted by molar-refractivity contribution is 6.20. The first-order chi connectivity index (χ1) is 8.66. The van der Waals surface area contributed by atoms with Gasteiger partial charge >= 0.3 is 5.97 Å². The molecule has 1 aromatic carbocycles. The standard InChI is InChI=1S/C13H15ClO4/c14-10(2-1-3-13(15)16)9-4-5-11-12(8-9)18-7-6-17-11/h4-5,8,10H,1-3,6-7H2,(H,15,16). The fraction of sp³-hybridized carbons (Fsp3) is 0.462. The lowest BCUT2D eigenvalue weighted by Crippen LogP contribution is -2.15. The molecular weight excluding hydrogens is 256 g/mol. The zero-order valence-corrected chi connectivity index (χ0v) is 10.7. The first-order valence-corrected chi connectivity index (χ1v) is 6.36. The van der Waals surface area contributed by atoms with E-state index in [1.54, 1.807) is 0 Å². The van der Waals surface area contributed by atoms with Crippen LogP contribution < -0.4 is 9.47 Å². The van der Waals surface area contributed by atoms with Gasteiger partial charge in [-0.1, -0.05) is 6.07 Å². The van der Waals surface area contributed by atoms with Crippen LogP contribution in [0.25, 0.3) is 0 Å². The first kappa shape index (κ1) is 13.0. The third kappa shape index (κ3) is 3.29. The summed E-state index contributed by atoms with van der Waals surface area (Å²) in [5.41, 5.74) is 0.936. The molecule has 1 atom stereocenters. The Kier molecular flexibility index (Phi) is 4.31. The van der Waals surface area contributed by atoms with Gasteiger partial charge in [-0.05, 0) is 30.5 Å². The molecule has 5 heteroatoms. The quantitative estimate of drug-likeness (QED) is 0.836. The number of carboxylic acids is 1. The second-order valence-electron chi connectivity index (χ2n) is 4.16. The highest BCUT2D eigenvalue weighted by Gasteiger charge is 2.15. The molecule has 2 rings (SSSR count). The number of carbonyl (C=O) groups is 1. The summed E-state index contributed by atoms with van der Waals surface area (Å²) >= 11 is 6.24. The molecule has 4 nitrogen and oxygen atoms in total. The lowest BCUT2D eigenvalue weighted by Gasteiger charge is -2.20. The zero-order chi connectivity index (χ0) is 13.0. The predicted molar refractivity (Wildman–Crippen MR) is 67.5 cm³/mol. The monoisotopic (exact) mass is 270 g/mol. The Morgan fingerprint density at radius 2 is 2.06 bits per heavy atom. The minimum absolute atomic E-state index is 0.147. The van der Waals surface area contributed by atoms with Gasteiger partial charge in [0.1, 0.15) is 13.2 Å². The summed E-state index contributed by atoms with van der Waals surface area (Å²) in [5.74, 6) is 0.656. The highest BCUT2D eigenvalue weighted by atomic mass is 35.5. The Hall–Kier alpha value is -1.42. The Morgan fingerprint density at radius 1 is 1.33 bits per heavy atom. The Morgan fingerprint density at radius 3 is 2.78 bits per heavy atom. The van der Waals surface area contributed by atoms with Gasteiger partial charge in [-0.2, -0.15) is 0 Å². The SMILES string of the molecule is O=C(O)CCCC(Cl)c1ccc2c(c1)OCCO2. The molecule has 0 fully saturated rings.